The smallest absolute Gasteiger partial charge is 0.309 e. The van der Waals surface area contributed by atoms with Crippen molar-refractivity contribution in [3.8, 4) is 17.2 Å². The first-order valence-electron chi connectivity index (χ1n) is 8.54. The van der Waals surface area contributed by atoms with Crippen molar-refractivity contribution in [2.45, 2.75) is 26.0 Å². The van der Waals surface area contributed by atoms with E-state index in [1.54, 1.807) is 31.2 Å². The number of benzene rings is 2. The third-order valence-corrected chi connectivity index (χ3v) is 4.09. The third kappa shape index (κ3) is 4.91. The number of rotatable bonds is 7. The molecule has 27 heavy (non-hydrogen) atoms. The van der Waals surface area contributed by atoms with E-state index < -0.39 is 6.10 Å². The summed E-state index contributed by atoms with van der Waals surface area (Å²) in [6.07, 6.45) is -0.465. The molecule has 2 aromatic rings. The number of methoxy groups -OCH3 is 1. The van der Waals surface area contributed by atoms with Crippen molar-refractivity contribution < 1.29 is 28.5 Å². The SMILES string of the molecule is COC(=O)Cc1ccc(OC(C)C(=O)NCc2ccc3c(c2)OCO3)cc1. The van der Waals surface area contributed by atoms with Crippen molar-refractivity contribution in [2.24, 2.45) is 0 Å². The van der Waals surface area contributed by atoms with Gasteiger partial charge in [-0.2, -0.15) is 0 Å². The molecule has 142 valence electrons. The van der Waals surface area contributed by atoms with Crippen molar-refractivity contribution in [1.29, 1.82) is 0 Å². The molecule has 1 aliphatic heterocycles. The fourth-order valence-corrected chi connectivity index (χ4v) is 2.57. The highest BCUT2D eigenvalue weighted by atomic mass is 16.7. The first kappa shape index (κ1) is 18.6. The van der Waals surface area contributed by atoms with Crippen LogP contribution in [0.1, 0.15) is 18.1 Å². The van der Waals surface area contributed by atoms with Crippen molar-refractivity contribution >= 4 is 11.9 Å². The molecular formula is C20H21NO6. The van der Waals surface area contributed by atoms with E-state index in [1.165, 1.54) is 7.11 Å². The first-order chi connectivity index (χ1) is 13.0. The second-order valence-corrected chi connectivity index (χ2v) is 6.06. The highest BCUT2D eigenvalue weighted by Crippen LogP contribution is 2.32. The minimum absolute atomic E-state index is 0.197. The van der Waals surface area contributed by atoms with Gasteiger partial charge in [0.15, 0.2) is 17.6 Å². The summed E-state index contributed by atoms with van der Waals surface area (Å²) in [7, 11) is 1.35. The lowest BCUT2D eigenvalue weighted by molar-refractivity contribution is -0.139. The van der Waals surface area contributed by atoms with Gasteiger partial charge in [-0.1, -0.05) is 18.2 Å². The minimum Gasteiger partial charge on any atom is -0.481 e. The first-order valence-corrected chi connectivity index (χ1v) is 8.54. The number of carbonyl (C=O) groups is 2. The van der Waals surface area contributed by atoms with Gasteiger partial charge >= 0.3 is 5.97 Å². The fourth-order valence-electron chi connectivity index (χ4n) is 2.57. The molecule has 1 aliphatic rings. The molecule has 0 fully saturated rings. The van der Waals surface area contributed by atoms with Crippen LogP contribution in [0.25, 0.3) is 0 Å². The number of amides is 1. The molecule has 1 N–H and O–H groups in total. The summed E-state index contributed by atoms with van der Waals surface area (Å²) >= 11 is 0. The molecule has 0 spiro atoms. The second kappa shape index (κ2) is 8.44. The Morgan fingerprint density at radius 1 is 1.07 bits per heavy atom. The maximum absolute atomic E-state index is 12.3. The van der Waals surface area contributed by atoms with E-state index >= 15 is 0 Å². The van der Waals surface area contributed by atoms with E-state index in [4.69, 9.17) is 14.2 Å². The molecule has 0 saturated carbocycles. The summed E-state index contributed by atoms with van der Waals surface area (Å²) in [4.78, 5) is 23.5. The lowest BCUT2D eigenvalue weighted by Crippen LogP contribution is -2.35. The summed E-state index contributed by atoms with van der Waals surface area (Å²) in [6, 6.07) is 12.5. The summed E-state index contributed by atoms with van der Waals surface area (Å²) < 4.78 is 20.9. The van der Waals surface area contributed by atoms with Gasteiger partial charge in [-0.05, 0) is 42.3 Å². The van der Waals surface area contributed by atoms with E-state index in [2.05, 4.69) is 10.1 Å². The number of nitrogens with one attached hydrogen (secondary N) is 1. The number of hydrogen-bond donors (Lipinski definition) is 1. The van der Waals surface area contributed by atoms with Gasteiger partial charge in [0.1, 0.15) is 5.75 Å². The zero-order valence-corrected chi connectivity index (χ0v) is 15.2. The fraction of sp³-hybridized carbons (Fsp3) is 0.300. The number of esters is 1. The minimum atomic E-state index is -0.662. The van der Waals surface area contributed by atoms with Gasteiger partial charge in [0, 0.05) is 6.54 Å². The molecule has 3 rings (SSSR count). The summed E-state index contributed by atoms with van der Waals surface area (Å²) in [5.74, 6) is 1.40. The molecule has 1 heterocycles. The number of hydrogen-bond acceptors (Lipinski definition) is 6. The van der Waals surface area contributed by atoms with Crippen LogP contribution < -0.4 is 19.5 Å². The Hall–Kier alpha value is -3.22. The monoisotopic (exact) mass is 371 g/mol. The van der Waals surface area contributed by atoms with Gasteiger partial charge in [0.2, 0.25) is 6.79 Å². The molecule has 0 bridgehead atoms. The number of carbonyl (C=O) groups excluding carboxylic acids is 2. The quantitative estimate of drug-likeness (QED) is 0.752. The van der Waals surface area contributed by atoms with Crippen LogP contribution >= 0.6 is 0 Å². The Morgan fingerprint density at radius 2 is 1.78 bits per heavy atom. The van der Waals surface area contributed by atoms with Crippen molar-refractivity contribution in [2.75, 3.05) is 13.9 Å². The third-order valence-electron chi connectivity index (χ3n) is 4.09. The average molecular weight is 371 g/mol. The van der Waals surface area contributed by atoms with Gasteiger partial charge < -0.3 is 24.3 Å². The Labute approximate surface area is 157 Å². The summed E-state index contributed by atoms with van der Waals surface area (Å²) in [5, 5.41) is 2.83. The molecule has 0 saturated heterocycles. The molecule has 7 nitrogen and oxygen atoms in total. The van der Waals surface area contributed by atoms with Gasteiger partial charge in [-0.3, -0.25) is 9.59 Å². The lowest BCUT2D eigenvalue weighted by atomic mass is 10.1. The normalized spacial score (nSPS) is 13.0. The van der Waals surface area contributed by atoms with Gasteiger partial charge in [-0.25, -0.2) is 0 Å². The predicted octanol–water partition coefficient (Wildman–Crippen LogP) is 2.21. The number of ether oxygens (including phenoxy) is 4. The average Bonchev–Trinajstić information content (AvgIpc) is 3.15. The topological polar surface area (TPSA) is 83.1 Å². The predicted molar refractivity (Wildman–Crippen MR) is 96.7 cm³/mol. The highest BCUT2D eigenvalue weighted by molar-refractivity contribution is 5.80. The standard InChI is InChI=1S/C20H21NO6/c1-13(27-16-6-3-14(4-7-16)10-19(22)24-2)20(23)21-11-15-5-8-17-18(9-15)26-12-25-17/h3-9,13H,10-12H2,1-2H3,(H,21,23). The molecule has 1 amide bonds. The van der Waals surface area contributed by atoms with Crippen molar-refractivity contribution in [1.82, 2.24) is 5.32 Å². The molecule has 7 heteroatoms. The molecule has 1 unspecified atom stereocenters. The Kier molecular flexibility index (Phi) is 5.80. The van der Waals surface area contributed by atoms with E-state index in [9.17, 15) is 9.59 Å². The molecular weight excluding hydrogens is 350 g/mol. The van der Waals surface area contributed by atoms with E-state index in [1.807, 2.05) is 18.2 Å². The van der Waals surface area contributed by atoms with Gasteiger partial charge in [0.05, 0.1) is 13.5 Å². The lowest BCUT2D eigenvalue weighted by Gasteiger charge is -2.15. The van der Waals surface area contributed by atoms with Crippen LogP contribution in [0.2, 0.25) is 0 Å². The molecule has 2 aromatic carbocycles. The van der Waals surface area contributed by atoms with Gasteiger partial charge in [-0.15, -0.1) is 0 Å². The summed E-state index contributed by atoms with van der Waals surface area (Å²) in [6.45, 7) is 2.26. The van der Waals surface area contributed by atoms with Gasteiger partial charge in [0.25, 0.3) is 5.91 Å². The van der Waals surface area contributed by atoms with E-state index in [0.717, 1.165) is 11.1 Å². The molecule has 0 aromatic heterocycles. The zero-order valence-electron chi connectivity index (χ0n) is 15.2. The van der Waals surface area contributed by atoms with Crippen molar-refractivity contribution in [3.63, 3.8) is 0 Å². The maximum atomic E-state index is 12.3. The molecule has 0 aliphatic carbocycles. The van der Waals surface area contributed by atoms with Crippen LogP contribution in [0.5, 0.6) is 17.2 Å². The van der Waals surface area contributed by atoms with Crippen LogP contribution in [0.3, 0.4) is 0 Å². The van der Waals surface area contributed by atoms with Crippen molar-refractivity contribution in [3.05, 3.63) is 53.6 Å². The molecule has 0 radical (unpaired) electrons. The highest BCUT2D eigenvalue weighted by Gasteiger charge is 2.16. The Morgan fingerprint density at radius 3 is 2.52 bits per heavy atom. The maximum Gasteiger partial charge on any atom is 0.309 e. The van der Waals surface area contributed by atoms with Crippen LogP contribution in [0.4, 0.5) is 0 Å². The van der Waals surface area contributed by atoms with E-state index in [0.29, 0.717) is 23.8 Å². The van der Waals surface area contributed by atoms with Crippen LogP contribution in [-0.4, -0.2) is 31.9 Å². The largest absolute Gasteiger partial charge is 0.481 e. The Bertz CT molecular complexity index is 818. The molecule has 1 atom stereocenters. The summed E-state index contributed by atoms with van der Waals surface area (Å²) in [5.41, 5.74) is 1.72. The van der Waals surface area contributed by atoms with Crippen LogP contribution in [0.15, 0.2) is 42.5 Å². The number of fused-ring (bicyclic) bond motifs is 1. The van der Waals surface area contributed by atoms with Crippen LogP contribution in [0, 0.1) is 0 Å². The van der Waals surface area contributed by atoms with Crippen LogP contribution in [-0.2, 0) is 27.3 Å². The second-order valence-electron chi connectivity index (χ2n) is 6.06. The zero-order chi connectivity index (χ0) is 19.2. The Balaban J connectivity index is 1.49. The van der Waals surface area contributed by atoms with E-state index in [-0.39, 0.29) is 25.1 Å².